The van der Waals surface area contributed by atoms with E-state index in [1.165, 1.54) is 11.1 Å². The zero-order valence-electron chi connectivity index (χ0n) is 37.1. The molecule has 7 rings (SSSR count). The molecule has 0 radical (unpaired) electrons. The van der Waals surface area contributed by atoms with Crippen LogP contribution in [0.3, 0.4) is 0 Å². The van der Waals surface area contributed by atoms with E-state index in [1.807, 2.05) is 35.6 Å². The van der Waals surface area contributed by atoms with Gasteiger partial charge in [0.15, 0.2) is 0 Å². The minimum Gasteiger partial charge on any atom is -0.496 e. The van der Waals surface area contributed by atoms with Gasteiger partial charge in [-0.25, -0.2) is 0 Å². The molecule has 3 aromatic carbocycles. The number of hydrogen-bond donors (Lipinski definition) is 2. The second kappa shape index (κ2) is 18.6. The maximum absolute atomic E-state index is 15.5. The Kier molecular flexibility index (Phi) is 13.3. The Hall–Kier alpha value is -5.18. The molecular weight excluding hydrogens is 745 g/mol. The molecule has 1 unspecified atom stereocenters. The third-order valence-corrected chi connectivity index (χ3v) is 13.5. The SMILES string of the molecule is COc1ccc([C@H]2CC[C@H](CNC(=O)C3(c4cccc(-c5cnn(C(C)C)c5)c4)CC[C@@H](CNC(=O)C(C)C)C[C@@H]3c3cccc(-c4cnn(C(C)C)c4)c3)CC2)cc1C. The van der Waals surface area contributed by atoms with E-state index in [0.717, 1.165) is 77.7 Å². The molecule has 2 aliphatic rings. The molecule has 2 fully saturated rings. The first-order chi connectivity index (χ1) is 28.9. The summed E-state index contributed by atoms with van der Waals surface area (Å²) < 4.78 is 9.51. The van der Waals surface area contributed by atoms with Crippen LogP contribution in [0.5, 0.6) is 5.75 Å². The molecule has 5 aromatic rings. The van der Waals surface area contributed by atoms with E-state index < -0.39 is 5.41 Å². The topological polar surface area (TPSA) is 103 Å². The second-order valence-corrected chi connectivity index (χ2v) is 18.5. The highest BCUT2D eigenvalue weighted by Gasteiger charge is 2.51. The number of amides is 2. The summed E-state index contributed by atoms with van der Waals surface area (Å²) in [5.41, 5.74) is 8.11. The van der Waals surface area contributed by atoms with Gasteiger partial charge in [0, 0.05) is 60.5 Å². The molecule has 9 nitrogen and oxygen atoms in total. The van der Waals surface area contributed by atoms with Crippen molar-refractivity contribution >= 4 is 11.8 Å². The van der Waals surface area contributed by atoms with E-state index in [0.29, 0.717) is 31.3 Å². The molecule has 2 amide bonds. The number of nitrogens with one attached hydrogen (secondary N) is 2. The highest BCUT2D eigenvalue weighted by Crippen LogP contribution is 2.52. The molecule has 0 spiro atoms. The lowest BCUT2D eigenvalue weighted by Gasteiger charge is -2.47. The Labute approximate surface area is 357 Å². The van der Waals surface area contributed by atoms with Crippen molar-refractivity contribution in [2.75, 3.05) is 20.2 Å². The van der Waals surface area contributed by atoms with Crippen LogP contribution in [0.2, 0.25) is 0 Å². The van der Waals surface area contributed by atoms with Gasteiger partial charge in [0.2, 0.25) is 11.8 Å². The number of aromatic nitrogens is 4. The van der Waals surface area contributed by atoms with Gasteiger partial charge in [0.25, 0.3) is 0 Å². The average Bonchev–Trinajstić information content (AvgIpc) is 3.97. The normalized spacial score (nSPS) is 22.0. The van der Waals surface area contributed by atoms with Crippen LogP contribution < -0.4 is 15.4 Å². The molecule has 9 heteroatoms. The number of ether oxygens (including phenoxy) is 1. The summed E-state index contributed by atoms with van der Waals surface area (Å²) in [6, 6.07) is 24.5. The smallest absolute Gasteiger partial charge is 0.231 e. The Bertz CT molecular complexity index is 2240. The Morgan fingerprint density at radius 2 is 1.37 bits per heavy atom. The molecule has 60 heavy (non-hydrogen) atoms. The summed E-state index contributed by atoms with van der Waals surface area (Å²) in [6.07, 6.45) is 14.7. The second-order valence-electron chi connectivity index (χ2n) is 18.5. The number of carbonyl (C=O) groups excluding carboxylic acids is 2. The van der Waals surface area contributed by atoms with E-state index in [2.05, 4.69) is 135 Å². The zero-order chi connectivity index (χ0) is 42.6. The fourth-order valence-electron chi connectivity index (χ4n) is 9.76. The number of aryl methyl sites for hydroxylation is 1. The maximum Gasteiger partial charge on any atom is 0.231 e. The van der Waals surface area contributed by atoms with E-state index in [1.54, 1.807) is 7.11 Å². The predicted molar refractivity (Wildman–Crippen MR) is 241 cm³/mol. The quantitative estimate of drug-likeness (QED) is 0.116. The van der Waals surface area contributed by atoms with Crippen LogP contribution >= 0.6 is 0 Å². The Morgan fingerprint density at radius 3 is 1.97 bits per heavy atom. The molecule has 0 bridgehead atoms. The van der Waals surface area contributed by atoms with Crippen LogP contribution in [0.25, 0.3) is 22.3 Å². The summed E-state index contributed by atoms with van der Waals surface area (Å²) in [5, 5.41) is 16.2. The molecule has 2 saturated carbocycles. The fraction of sp³-hybridized carbons (Fsp3) is 0.490. The lowest BCUT2D eigenvalue weighted by Crippen LogP contribution is -2.53. The first kappa shape index (κ1) is 42.9. The monoisotopic (exact) mass is 811 g/mol. The summed E-state index contributed by atoms with van der Waals surface area (Å²) >= 11 is 0. The lowest BCUT2D eigenvalue weighted by molar-refractivity contribution is -0.130. The number of hydrogen-bond acceptors (Lipinski definition) is 5. The van der Waals surface area contributed by atoms with E-state index in [9.17, 15) is 4.79 Å². The van der Waals surface area contributed by atoms with Gasteiger partial charge in [-0.1, -0.05) is 68.4 Å². The fourth-order valence-corrected chi connectivity index (χ4v) is 9.76. The van der Waals surface area contributed by atoms with Crippen LogP contribution in [0, 0.1) is 24.7 Å². The number of rotatable bonds is 14. The van der Waals surface area contributed by atoms with Crippen molar-refractivity contribution in [3.8, 4) is 28.0 Å². The van der Waals surface area contributed by atoms with Crippen LogP contribution in [0.1, 0.15) is 133 Å². The van der Waals surface area contributed by atoms with E-state index in [4.69, 9.17) is 4.74 Å². The van der Waals surface area contributed by atoms with Crippen molar-refractivity contribution in [3.63, 3.8) is 0 Å². The van der Waals surface area contributed by atoms with Gasteiger partial charge in [-0.05, 0) is 143 Å². The van der Waals surface area contributed by atoms with Crippen molar-refractivity contribution in [1.29, 1.82) is 0 Å². The van der Waals surface area contributed by atoms with Crippen LogP contribution in [0.15, 0.2) is 91.5 Å². The number of methoxy groups -OCH3 is 1. The molecule has 2 heterocycles. The first-order valence-electron chi connectivity index (χ1n) is 22.4. The largest absolute Gasteiger partial charge is 0.496 e. The minimum absolute atomic E-state index is 0.0665. The van der Waals surface area contributed by atoms with E-state index >= 15 is 4.79 Å². The van der Waals surface area contributed by atoms with Gasteiger partial charge < -0.3 is 15.4 Å². The van der Waals surface area contributed by atoms with Crippen LogP contribution in [-0.2, 0) is 15.0 Å². The van der Waals surface area contributed by atoms with Crippen molar-refractivity contribution in [2.24, 2.45) is 17.8 Å². The maximum atomic E-state index is 15.5. The zero-order valence-corrected chi connectivity index (χ0v) is 37.1. The standard InChI is InChI=1S/C51H66N6O3/c1-33(2)49(58)52-28-38-21-22-51(46-14-10-12-41(26-46)45-30-55-57(32-45)35(5)6,47(24-38)43-13-9-11-40(25-43)44-29-54-56(31-44)34(3)4)50(59)53-27-37-15-17-39(18-16-37)42-19-20-48(60-8)36(7)23-42/h9-14,19-20,23,25-26,29-35,37-39,47H,15-18,21-22,24,27-28H2,1-8H3,(H,52,58)(H,53,59)/t37-,38-,39-,47-,51?/m1/s1. The number of carbonyl (C=O) groups is 2. The van der Waals surface area contributed by atoms with Crippen molar-refractivity contribution < 1.29 is 14.3 Å². The third kappa shape index (κ3) is 9.25. The molecule has 318 valence electrons. The number of benzene rings is 3. The molecule has 0 saturated heterocycles. The van der Waals surface area contributed by atoms with Gasteiger partial charge in [-0.2, -0.15) is 10.2 Å². The first-order valence-corrected chi connectivity index (χ1v) is 22.4. The van der Waals surface area contributed by atoms with Crippen molar-refractivity contribution in [2.45, 2.75) is 123 Å². The lowest BCUT2D eigenvalue weighted by atomic mass is 9.57. The van der Waals surface area contributed by atoms with Crippen molar-refractivity contribution in [3.05, 3.63) is 114 Å². The molecule has 2 aliphatic carbocycles. The Morgan fingerprint density at radius 1 is 0.733 bits per heavy atom. The van der Waals surface area contributed by atoms with Gasteiger partial charge in [0.05, 0.1) is 24.9 Å². The van der Waals surface area contributed by atoms with Gasteiger partial charge in [-0.15, -0.1) is 0 Å². The molecular formula is C51H66N6O3. The molecule has 2 N–H and O–H groups in total. The highest BCUT2D eigenvalue weighted by atomic mass is 16.5. The average molecular weight is 811 g/mol. The Balaban J connectivity index is 1.24. The summed E-state index contributed by atoms with van der Waals surface area (Å²) in [6.45, 7) is 15.8. The summed E-state index contributed by atoms with van der Waals surface area (Å²) in [5.74, 6) is 2.01. The summed E-state index contributed by atoms with van der Waals surface area (Å²) in [7, 11) is 1.73. The third-order valence-electron chi connectivity index (χ3n) is 13.5. The molecule has 0 aliphatic heterocycles. The van der Waals surface area contributed by atoms with Crippen molar-refractivity contribution in [1.82, 2.24) is 30.2 Å². The number of nitrogens with zero attached hydrogens (tertiary/aromatic N) is 4. The summed E-state index contributed by atoms with van der Waals surface area (Å²) in [4.78, 5) is 28.4. The van der Waals surface area contributed by atoms with Gasteiger partial charge >= 0.3 is 0 Å². The minimum atomic E-state index is -0.846. The predicted octanol–water partition coefficient (Wildman–Crippen LogP) is 10.6. The van der Waals surface area contributed by atoms with Crippen LogP contribution in [0.4, 0.5) is 0 Å². The highest BCUT2D eigenvalue weighted by molar-refractivity contribution is 5.90. The van der Waals surface area contributed by atoms with Crippen LogP contribution in [-0.4, -0.2) is 51.6 Å². The molecule has 2 aromatic heterocycles. The van der Waals surface area contributed by atoms with Gasteiger partial charge in [-0.3, -0.25) is 19.0 Å². The molecule has 3 atom stereocenters. The van der Waals surface area contributed by atoms with Gasteiger partial charge in [0.1, 0.15) is 5.75 Å². The van der Waals surface area contributed by atoms with E-state index in [-0.39, 0.29) is 41.7 Å².